The molecule has 3 rings (SSSR count). The van der Waals surface area contributed by atoms with Gasteiger partial charge in [-0.15, -0.1) is 0 Å². The number of hydrogen-bond donors (Lipinski definition) is 0. The Bertz CT molecular complexity index is 492. The number of aromatic nitrogens is 1. The summed E-state index contributed by atoms with van der Waals surface area (Å²) < 4.78 is 5.15. The molecule has 0 spiro atoms. The Morgan fingerprint density at radius 3 is 2.41 bits per heavy atom. The van der Waals surface area contributed by atoms with Gasteiger partial charge in [0.05, 0.1) is 12.1 Å². The molecular weight excluding hydrogens is 278 g/mol. The maximum Gasteiger partial charge on any atom is 0.227 e. The topological polar surface area (TPSA) is 49.6 Å². The lowest BCUT2D eigenvalue weighted by Gasteiger charge is -2.40. The Morgan fingerprint density at radius 1 is 1.14 bits per heavy atom. The summed E-state index contributed by atoms with van der Waals surface area (Å²) in [6, 6.07) is 0.758. The van der Waals surface area contributed by atoms with E-state index in [4.69, 9.17) is 4.52 Å². The zero-order chi connectivity index (χ0) is 15.5. The van der Waals surface area contributed by atoms with E-state index in [-0.39, 0.29) is 5.91 Å². The van der Waals surface area contributed by atoms with Gasteiger partial charge >= 0.3 is 0 Å². The SMILES string of the molecule is Cc1noc(C)c1CC(=O)N1CCN(C2CCCCC2)CC1. The maximum absolute atomic E-state index is 12.5. The van der Waals surface area contributed by atoms with Gasteiger partial charge in [-0.25, -0.2) is 0 Å². The smallest absolute Gasteiger partial charge is 0.227 e. The van der Waals surface area contributed by atoms with Gasteiger partial charge in [-0.1, -0.05) is 24.4 Å². The van der Waals surface area contributed by atoms with Crippen LogP contribution in [0.15, 0.2) is 4.52 Å². The minimum absolute atomic E-state index is 0.206. The van der Waals surface area contributed by atoms with E-state index in [1.807, 2.05) is 18.7 Å². The molecule has 2 fully saturated rings. The molecule has 22 heavy (non-hydrogen) atoms. The summed E-state index contributed by atoms with van der Waals surface area (Å²) in [6.07, 6.45) is 7.24. The second-order valence-corrected chi connectivity index (χ2v) is 6.69. The second-order valence-electron chi connectivity index (χ2n) is 6.69. The monoisotopic (exact) mass is 305 g/mol. The number of carbonyl (C=O) groups excluding carboxylic acids is 1. The van der Waals surface area contributed by atoms with Crippen LogP contribution in [0.5, 0.6) is 0 Å². The zero-order valence-electron chi connectivity index (χ0n) is 13.8. The summed E-state index contributed by atoms with van der Waals surface area (Å²) in [5.74, 6) is 0.976. The largest absolute Gasteiger partial charge is 0.361 e. The molecule has 1 aromatic heterocycles. The Morgan fingerprint density at radius 2 is 1.82 bits per heavy atom. The molecule has 1 saturated heterocycles. The van der Waals surface area contributed by atoms with Crippen molar-refractivity contribution in [1.82, 2.24) is 15.0 Å². The predicted octanol–water partition coefficient (Wildman–Crippen LogP) is 2.31. The van der Waals surface area contributed by atoms with E-state index in [2.05, 4.69) is 10.1 Å². The highest BCUT2D eigenvalue weighted by molar-refractivity contribution is 5.79. The molecule has 1 amide bonds. The first-order valence-corrected chi connectivity index (χ1v) is 8.58. The average molecular weight is 305 g/mol. The van der Waals surface area contributed by atoms with Crippen molar-refractivity contribution in [1.29, 1.82) is 0 Å². The highest BCUT2D eigenvalue weighted by Gasteiger charge is 2.27. The molecule has 0 aromatic carbocycles. The number of aryl methyl sites for hydroxylation is 2. The van der Waals surface area contributed by atoms with Crippen molar-refractivity contribution in [3.8, 4) is 0 Å². The highest BCUT2D eigenvalue weighted by atomic mass is 16.5. The molecule has 0 bridgehead atoms. The summed E-state index contributed by atoms with van der Waals surface area (Å²) in [4.78, 5) is 17.1. The third-order valence-corrected chi connectivity index (χ3v) is 5.27. The van der Waals surface area contributed by atoms with Crippen molar-refractivity contribution in [2.45, 2.75) is 58.4 Å². The van der Waals surface area contributed by atoms with E-state index >= 15 is 0 Å². The van der Waals surface area contributed by atoms with Crippen LogP contribution >= 0.6 is 0 Å². The zero-order valence-corrected chi connectivity index (χ0v) is 13.8. The molecular formula is C17H27N3O2. The fraction of sp³-hybridized carbons (Fsp3) is 0.765. The van der Waals surface area contributed by atoms with Crippen molar-refractivity contribution in [2.75, 3.05) is 26.2 Å². The quantitative estimate of drug-likeness (QED) is 0.860. The van der Waals surface area contributed by atoms with Crippen LogP contribution < -0.4 is 0 Å². The van der Waals surface area contributed by atoms with Crippen molar-refractivity contribution in [3.63, 3.8) is 0 Å². The molecule has 0 atom stereocenters. The Balaban J connectivity index is 1.51. The second kappa shape index (κ2) is 6.82. The van der Waals surface area contributed by atoms with Gasteiger partial charge in [-0.3, -0.25) is 9.69 Å². The van der Waals surface area contributed by atoms with Gasteiger partial charge < -0.3 is 9.42 Å². The lowest BCUT2D eigenvalue weighted by Crippen LogP contribution is -2.52. The molecule has 1 aromatic rings. The minimum Gasteiger partial charge on any atom is -0.361 e. The van der Waals surface area contributed by atoms with Gasteiger partial charge in [-0.05, 0) is 26.7 Å². The molecule has 0 unspecified atom stereocenters. The van der Waals surface area contributed by atoms with Crippen LogP contribution in [0.3, 0.4) is 0 Å². The lowest BCUT2D eigenvalue weighted by molar-refractivity contribution is -0.132. The first-order chi connectivity index (χ1) is 10.6. The van der Waals surface area contributed by atoms with Gasteiger partial charge in [0.15, 0.2) is 0 Å². The summed E-state index contributed by atoms with van der Waals surface area (Å²) in [5.41, 5.74) is 1.80. The van der Waals surface area contributed by atoms with E-state index in [1.165, 1.54) is 32.1 Å². The van der Waals surface area contributed by atoms with Crippen LogP contribution in [0.1, 0.15) is 49.1 Å². The van der Waals surface area contributed by atoms with E-state index in [0.717, 1.165) is 49.2 Å². The first kappa shape index (κ1) is 15.5. The number of hydrogen-bond acceptors (Lipinski definition) is 4. The van der Waals surface area contributed by atoms with E-state index in [9.17, 15) is 4.79 Å². The fourth-order valence-electron chi connectivity index (χ4n) is 3.80. The minimum atomic E-state index is 0.206. The maximum atomic E-state index is 12.5. The molecule has 1 saturated carbocycles. The van der Waals surface area contributed by atoms with Crippen LogP contribution in [0, 0.1) is 13.8 Å². The summed E-state index contributed by atoms with van der Waals surface area (Å²) in [7, 11) is 0. The normalized spacial score (nSPS) is 21.3. The molecule has 1 aliphatic carbocycles. The lowest BCUT2D eigenvalue weighted by atomic mass is 9.94. The van der Waals surface area contributed by atoms with Crippen molar-refractivity contribution >= 4 is 5.91 Å². The molecule has 2 aliphatic rings. The first-order valence-electron chi connectivity index (χ1n) is 8.58. The average Bonchev–Trinajstić information content (AvgIpc) is 2.88. The molecule has 5 heteroatoms. The van der Waals surface area contributed by atoms with Crippen LogP contribution in [0.4, 0.5) is 0 Å². The van der Waals surface area contributed by atoms with Gasteiger partial charge in [0.25, 0.3) is 0 Å². The molecule has 2 heterocycles. The Hall–Kier alpha value is -1.36. The molecule has 0 radical (unpaired) electrons. The summed E-state index contributed by atoms with van der Waals surface area (Å²) >= 11 is 0. The van der Waals surface area contributed by atoms with Crippen LogP contribution in [-0.2, 0) is 11.2 Å². The van der Waals surface area contributed by atoms with Crippen molar-refractivity contribution in [3.05, 3.63) is 17.0 Å². The number of carbonyl (C=O) groups is 1. The molecule has 0 N–H and O–H groups in total. The van der Waals surface area contributed by atoms with E-state index in [1.54, 1.807) is 0 Å². The Labute approximate surface area is 132 Å². The van der Waals surface area contributed by atoms with Gasteiger partial charge in [-0.2, -0.15) is 0 Å². The van der Waals surface area contributed by atoms with Crippen LogP contribution in [-0.4, -0.2) is 53.1 Å². The predicted molar refractivity (Wildman–Crippen MR) is 84.7 cm³/mol. The van der Waals surface area contributed by atoms with Crippen LogP contribution in [0.25, 0.3) is 0 Å². The molecule has 122 valence electrons. The fourth-order valence-corrected chi connectivity index (χ4v) is 3.80. The summed E-state index contributed by atoms with van der Waals surface area (Å²) in [6.45, 7) is 7.55. The Kier molecular flexibility index (Phi) is 4.81. The standard InChI is InChI=1S/C17H27N3O2/c1-13-16(14(2)22-18-13)12-17(21)20-10-8-19(9-11-20)15-6-4-3-5-7-15/h15H,3-12H2,1-2H3. The summed E-state index contributed by atoms with van der Waals surface area (Å²) in [5, 5.41) is 3.93. The van der Waals surface area contributed by atoms with Crippen molar-refractivity contribution in [2.24, 2.45) is 0 Å². The number of nitrogens with zero attached hydrogens (tertiary/aromatic N) is 3. The van der Waals surface area contributed by atoms with Crippen molar-refractivity contribution < 1.29 is 9.32 Å². The van der Waals surface area contributed by atoms with E-state index in [0.29, 0.717) is 6.42 Å². The number of rotatable bonds is 3. The molecule has 5 nitrogen and oxygen atoms in total. The van der Waals surface area contributed by atoms with Gasteiger partial charge in [0.2, 0.25) is 5.91 Å². The number of amides is 1. The van der Waals surface area contributed by atoms with Gasteiger partial charge in [0.1, 0.15) is 5.76 Å². The highest BCUT2D eigenvalue weighted by Crippen LogP contribution is 2.23. The van der Waals surface area contributed by atoms with Crippen LogP contribution in [0.2, 0.25) is 0 Å². The van der Waals surface area contributed by atoms with Gasteiger partial charge in [0, 0.05) is 37.8 Å². The van der Waals surface area contributed by atoms with E-state index < -0.39 is 0 Å². The third kappa shape index (κ3) is 3.35. The third-order valence-electron chi connectivity index (χ3n) is 5.27. The molecule has 1 aliphatic heterocycles. The number of piperazine rings is 1.